The average Bonchev–Trinajstić information content (AvgIpc) is 3.09. The maximum atomic E-state index is 12.7. The van der Waals surface area contributed by atoms with E-state index in [0.29, 0.717) is 19.0 Å². The molecular weight excluding hydrogens is 561 g/mol. The Morgan fingerprint density at radius 2 is 1.59 bits per heavy atom. The van der Waals surface area contributed by atoms with Crippen LogP contribution in [0.5, 0.6) is 0 Å². The van der Waals surface area contributed by atoms with Crippen molar-refractivity contribution in [1.29, 1.82) is 0 Å². The van der Waals surface area contributed by atoms with Gasteiger partial charge >= 0.3 is 10.6 Å². The van der Waals surface area contributed by atoms with Gasteiger partial charge in [-0.25, -0.2) is 13.3 Å². The van der Waals surface area contributed by atoms with Crippen molar-refractivity contribution in [1.82, 2.24) is 13.8 Å². The number of hydrogen-bond acceptors (Lipinski definition) is 4. The van der Waals surface area contributed by atoms with Crippen LogP contribution in [0.2, 0.25) is 0 Å². The normalized spacial score (nSPS) is 12.1. The third-order valence-corrected chi connectivity index (χ3v) is 7.39. The molecule has 8 heteroatoms. The van der Waals surface area contributed by atoms with Gasteiger partial charge in [0, 0.05) is 29.0 Å². The molecule has 3 rings (SSSR count). The van der Waals surface area contributed by atoms with Gasteiger partial charge in [0.2, 0.25) is 5.91 Å². The van der Waals surface area contributed by atoms with Gasteiger partial charge in [0.1, 0.15) is 0 Å². The topological polar surface area (TPSA) is 73.1 Å². The molecule has 1 amide bonds. The van der Waals surface area contributed by atoms with E-state index in [4.69, 9.17) is 0 Å². The number of aryl methyl sites for hydroxylation is 1. The predicted molar refractivity (Wildman–Crippen MR) is 147 cm³/mol. The standard InChI is InChI=1S/C26H32IN3O3S/c1-18(2)15-20-9-11-23(12-10-20)19(3)24(31)28-16-21-5-7-22(8-6-21)17-29-25(32)30(14-4-13-27)34-26(29)33/h5-12,18-19H,4,13-17H2,1-3H3,(H,28,31). The maximum absolute atomic E-state index is 12.7. The van der Waals surface area contributed by atoms with E-state index in [1.54, 1.807) is 0 Å². The van der Waals surface area contributed by atoms with Crippen molar-refractivity contribution in [2.45, 2.75) is 59.2 Å². The van der Waals surface area contributed by atoms with Crippen LogP contribution in [-0.4, -0.2) is 18.9 Å². The average molecular weight is 594 g/mol. The Bertz CT molecular complexity index is 1190. The summed E-state index contributed by atoms with van der Waals surface area (Å²) in [6.07, 6.45) is 1.90. The number of alkyl halides is 1. The molecule has 0 spiro atoms. The number of nitrogens with one attached hydrogen (secondary N) is 1. The number of nitrogens with zero attached hydrogens (tertiary/aromatic N) is 2. The lowest BCUT2D eigenvalue weighted by atomic mass is 9.96. The molecule has 0 saturated carbocycles. The lowest BCUT2D eigenvalue weighted by molar-refractivity contribution is -0.122. The first-order valence-electron chi connectivity index (χ1n) is 11.6. The van der Waals surface area contributed by atoms with Crippen molar-refractivity contribution >= 4 is 40.0 Å². The largest absolute Gasteiger partial charge is 0.352 e. The highest BCUT2D eigenvalue weighted by Crippen LogP contribution is 2.18. The van der Waals surface area contributed by atoms with Gasteiger partial charge in [0.05, 0.1) is 12.5 Å². The Kier molecular flexibility index (Phi) is 9.70. The van der Waals surface area contributed by atoms with Crippen molar-refractivity contribution in [2.24, 2.45) is 5.92 Å². The molecule has 1 aromatic heterocycles. The number of aromatic nitrogens is 2. The molecule has 0 aliphatic rings. The third kappa shape index (κ3) is 7.15. The lowest BCUT2D eigenvalue weighted by Crippen LogP contribution is -2.29. The zero-order valence-electron chi connectivity index (χ0n) is 19.9. The zero-order valence-corrected chi connectivity index (χ0v) is 22.9. The van der Waals surface area contributed by atoms with Gasteiger partial charge in [-0.15, -0.1) is 0 Å². The second kappa shape index (κ2) is 12.5. The number of carbonyl (C=O) groups is 1. The molecule has 1 N–H and O–H groups in total. The summed E-state index contributed by atoms with van der Waals surface area (Å²) < 4.78 is 3.75. The van der Waals surface area contributed by atoms with Gasteiger partial charge in [-0.05, 0) is 47.9 Å². The van der Waals surface area contributed by atoms with Crippen LogP contribution in [0.4, 0.5) is 0 Å². The van der Waals surface area contributed by atoms with Crippen LogP contribution in [0, 0.1) is 5.92 Å². The molecule has 0 aliphatic carbocycles. The van der Waals surface area contributed by atoms with E-state index in [1.807, 2.05) is 43.3 Å². The summed E-state index contributed by atoms with van der Waals surface area (Å²) in [7, 11) is 0. The fourth-order valence-corrected chi connectivity index (χ4v) is 4.89. The summed E-state index contributed by atoms with van der Waals surface area (Å²) in [6.45, 7) is 7.57. The fourth-order valence-electron chi connectivity index (χ4n) is 3.72. The van der Waals surface area contributed by atoms with Crippen LogP contribution in [0.1, 0.15) is 55.4 Å². The Morgan fingerprint density at radius 3 is 2.21 bits per heavy atom. The molecule has 34 heavy (non-hydrogen) atoms. The van der Waals surface area contributed by atoms with E-state index in [0.717, 1.165) is 45.5 Å². The van der Waals surface area contributed by atoms with Crippen LogP contribution in [0.3, 0.4) is 0 Å². The highest BCUT2D eigenvalue weighted by atomic mass is 127. The van der Waals surface area contributed by atoms with E-state index in [9.17, 15) is 14.4 Å². The Balaban J connectivity index is 1.56. The molecule has 1 unspecified atom stereocenters. The molecular formula is C26H32IN3O3S. The van der Waals surface area contributed by atoms with Crippen molar-refractivity contribution in [3.8, 4) is 0 Å². The van der Waals surface area contributed by atoms with Gasteiger partial charge in [-0.1, -0.05) is 85.0 Å². The molecule has 6 nitrogen and oxygen atoms in total. The van der Waals surface area contributed by atoms with Crippen molar-refractivity contribution in [3.63, 3.8) is 0 Å². The molecule has 0 saturated heterocycles. The predicted octanol–water partition coefficient (Wildman–Crippen LogP) is 4.56. The van der Waals surface area contributed by atoms with Gasteiger partial charge in [-0.2, -0.15) is 0 Å². The number of amides is 1. The monoisotopic (exact) mass is 593 g/mol. The van der Waals surface area contributed by atoms with E-state index < -0.39 is 0 Å². The first-order valence-corrected chi connectivity index (χ1v) is 13.9. The first-order chi connectivity index (χ1) is 16.3. The summed E-state index contributed by atoms with van der Waals surface area (Å²) in [4.78, 5) is 37.1. The smallest absolute Gasteiger partial charge is 0.341 e. The number of halogens is 1. The molecule has 0 aliphatic heterocycles. The minimum absolute atomic E-state index is 0.0161. The highest BCUT2D eigenvalue weighted by Gasteiger charge is 2.15. The van der Waals surface area contributed by atoms with E-state index in [2.05, 4.69) is 53.9 Å². The van der Waals surface area contributed by atoms with Crippen LogP contribution in [0.15, 0.2) is 58.1 Å². The van der Waals surface area contributed by atoms with Crippen molar-refractivity contribution in [2.75, 3.05) is 4.43 Å². The second-order valence-corrected chi connectivity index (χ2v) is 11.0. The third-order valence-electron chi connectivity index (χ3n) is 5.70. The van der Waals surface area contributed by atoms with Gasteiger partial charge in [-0.3, -0.25) is 9.59 Å². The Labute approximate surface area is 218 Å². The second-order valence-electron chi connectivity index (χ2n) is 8.97. The molecule has 0 radical (unpaired) electrons. The fraction of sp³-hybridized carbons (Fsp3) is 0.423. The molecule has 0 fully saturated rings. The van der Waals surface area contributed by atoms with E-state index >= 15 is 0 Å². The summed E-state index contributed by atoms with van der Waals surface area (Å²) in [5, 5.41) is 3.01. The zero-order chi connectivity index (χ0) is 24.7. The Hall–Kier alpha value is -2.20. The molecule has 3 aromatic rings. The van der Waals surface area contributed by atoms with Crippen LogP contribution in [0.25, 0.3) is 0 Å². The molecule has 0 bridgehead atoms. The minimum atomic E-state index is -0.248. The van der Waals surface area contributed by atoms with E-state index in [-0.39, 0.29) is 28.9 Å². The molecule has 1 heterocycles. The number of benzene rings is 2. The van der Waals surface area contributed by atoms with Gasteiger partial charge in [0.15, 0.2) is 0 Å². The summed E-state index contributed by atoms with van der Waals surface area (Å²) in [5.74, 6) is 0.359. The number of rotatable bonds is 11. The molecule has 182 valence electrons. The summed E-state index contributed by atoms with van der Waals surface area (Å²) in [6, 6.07) is 15.9. The number of carbonyl (C=O) groups excluding carboxylic acids is 1. The highest BCUT2D eigenvalue weighted by molar-refractivity contribution is 14.1. The van der Waals surface area contributed by atoms with Gasteiger partial charge in [0.25, 0.3) is 0 Å². The quantitative estimate of drug-likeness (QED) is 0.262. The Morgan fingerprint density at radius 1 is 0.971 bits per heavy atom. The lowest BCUT2D eigenvalue weighted by Gasteiger charge is -2.14. The first kappa shape index (κ1) is 26.4. The maximum Gasteiger partial charge on any atom is 0.341 e. The molecule has 1 atom stereocenters. The number of hydrogen-bond donors (Lipinski definition) is 1. The van der Waals surface area contributed by atoms with Crippen molar-refractivity contribution in [3.05, 3.63) is 90.9 Å². The van der Waals surface area contributed by atoms with Crippen LogP contribution < -0.4 is 15.9 Å². The summed E-state index contributed by atoms with van der Waals surface area (Å²) in [5.41, 5.74) is 3.89. The molecule has 2 aromatic carbocycles. The van der Waals surface area contributed by atoms with Crippen molar-refractivity contribution < 1.29 is 4.79 Å². The van der Waals surface area contributed by atoms with E-state index in [1.165, 1.54) is 14.1 Å². The van der Waals surface area contributed by atoms with Crippen LogP contribution >= 0.6 is 34.1 Å². The SMILES string of the molecule is CC(C)Cc1ccc(C(C)C(=O)NCc2ccc(Cn3c(=O)sn(CCCI)c3=O)cc2)cc1. The van der Waals surface area contributed by atoms with Gasteiger partial charge < -0.3 is 5.32 Å². The van der Waals surface area contributed by atoms with Crippen LogP contribution in [-0.2, 0) is 30.8 Å². The minimum Gasteiger partial charge on any atom is -0.352 e. The summed E-state index contributed by atoms with van der Waals surface area (Å²) >= 11 is 3.24.